The second kappa shape index (κ2) is 13.9. The van der Waals surface area contributed by atoms with Crippen molar-refractivity contribution < 1.29 is 32.2 Å². The number of aryl methyl sites for hydroxylation is 1. The topological polar surface area (TPSA) is 109 Å². The van der Waals surface area contributed by atoms with Crippen LogP contribution in [0, 0.1) is 6.92 Å². The van der Waals surface area contributed by atoms with Crippen LogP contribution < -0.4 is 4.74 Å². The van der Waals surface area contributed by atoms with Gasteiger partial charge in [-0.25, -0.2) is 19.0 Å². The predicted octanol–water partition coefficient (Wildman–Crippen LogP) is 7.41. The highest BCUT2D eigenvalue weighted by Crippen LogP contribution is 2.39. The Morgan fingerprint density at radius 2 is 1.86 bits per heavy atom. The van der Waals surface area contributed by atoms with Crippen LogP contribution in [0.5, 0.6) is 5.75 Å². The van der Waals surface area contributed by atoms with Gasteiger partial charge in [-0.15, -0.1) is 0 Å². The number of carbonyl (C=O) groups excluding carboxylic acids is 1. The fraction of sp³-hybridized carbons (Fsp3) is 0.500. The Morgan fingerprint density at radius 1 is 1.10 bits per heavy atom. The number of ether oxygens (including phenoxy) is 3. The van der Waals surface area contributed by atoms with E-state index in [2.05, 4.69) is 34.7 Å². The zero-order valence-electron chi connectivity index (χ0n) is 29.3. The van der Waals surface area contributed by atoms with Gasteiger partial charge in [-0.05, 0) is 69.0 Å². The van der Waals surface area contributed by atoms with Crippen molar-refractivity contribution in [3.8, 4) is 28.4 Å². The Kier molecular flexibility index (Phi) is 10.3. The molecule has 4 aromatic rings. The average molecular weight is 700 g/mol. The van der Waals surface area contributed by atoms with Crippen molar-refractivity contribution in [2.24, 2.45) is 0 Å². The molecule has 0 saturated heterocycles. The number of fused-ring (bicyclic) bond motifs is 1. The molecule has 5 rings (SSSR count). The van der Waals surface area contributed by atoms with E-state index in [9.17, 15) is 18.0 Å². The van der Waals surface area contributed by atoms with Gasteiger partial charge in [0.2, 0.25) is 0 Å². The number of pyridine rings is 2. The summed E-state index contributed by atoms with van der Waals surface area (Å²) in [5.41, 5.74) is 3.56. The minimum atomic E-state index is -4.54. The fourth-order valence-electron chi connectivity index (χ4n) is 5.62. The standard InChI is InChI=1S/C34H44F3N7O4Si/c1-22-15-27(38-18-26(22)23-9-11-42(12-10-23)32(45)48-33(2,3)4)29-25(17-34(35,36)37)30(44(41-29)21-47-13-14-49(6,7)8)24-16-28(46-5)31-39-20-40-43(31)19-24/h9,15-16,18-20H,10-14,17,21H2,1-8H3. The number of carbonyl (C=O) groups is 1. The third-order valence-corrected chi connectivity index (χ3v) is 9.74. The van der Waals surface area contributed by atoms with Crippen molar-refractivity contribution in [3.63, 3.8) is 0 Å². The fourth-order valence-corrected chi connectivity index (χ4v) is 6.38. The number of nitrogens with zero attached hydrogens (tertiary/aromatic N) is 7. The van der Waals surface area contributed by atoms with Gasteiger partial charge in [-0.3, -0.25) is 4.98 Å². The number of rotatable bonds is 10. The molecule has 0 aromatic carbocycles. The summed E-state index contributed by atoms with van der Waals surface area (Å²) in [7, 11) is 0.0476. The zero-order valence-corrected chi connectivity index (χ0v) is 30.3. The lowest BCUT2D eigenvalue weighted by molar-refractivity contribution is -0.127. The molecule has 0 unspecified atom stereocenters. The molecule has 1 aliphatic rings. The Morgan fingerprint density at radius 3 is 2.47 bits per heavy atom. The van der Waals surface area contributed by atoms with Gasteiger partial charge < -0.3 is 19.1 Å². The van der Waals surface area contributed by atoms with E-state index in [1.165, 1.54) is 22.6 Å². The Hall–Kier alpha value is -4.24. The lowest BCUT2D eigenvalue weighted by Crippen LogP contribution is -2.39. The zero-order chi connectivity index (χ0) is 35.7. The summed E-state index contributed by atoms with van der Waals surface area (Å²) in [6.07, 6.45) is 1.03. The molecule has 0 radical (unpaired) electrons. The van der Waals surface area contributed by atoms with Crippen LogP contribution >= 0.6 is 0 Å². The molecule has 1 amide bonds. The number of halogens is 3. The molecule has 4 aromatic heterocycles. The van der Waals surface area contributed by atoms with Gasteiger partial charge in [0.05, 0.1) is 24.9 Å². The molecule has 15 heteroatoms. The quantitative estimate of drug-likeness (QED) is 0.124. The third kappa shape index (κ3) is 8.87. The molecular formula is C34H44F3N7O4Si. The van der Waals surface area contributed by atoms with E-state index in [0.29, 0.717) is 48.8 Å². The van der Waals surface area contributed by atoms with E-state index in [1.54, 1.807) is 29.4 Å². The lowest BCUT2D eigenvalue weighted by Gasteiger charge is -2.29. The van der Waals surface area contributed by atoms with Crippen molar-refractivity contribution in [1.82, 2.24) is 34.3 Å². The molecule has 0 spiro atoms. The third-order valence-electron chi connectivity index (χ3n) is 8.03. The van der Waals surface area contributed by atoms with E-state index < -0.39 is 26.3 Å². The molecule has 0 fully saturated rings. The number of alkyl halides is 3. The number of amides is 1. The first-order chi connectivity index (χ1) is 22.9. The first-order valence-corrected chi connectivity index (χ1v) is 19.9. The predicted molar refractivity (Wildman–Crippen MR) is 183 cm³/mol. The minimum Gasteiger partial charge on any atom is -0.493 e. The van der Waals surface area contributed by atoms with E-state index in [-0.39, 0.29) is 29.8 Å². The van der Waals surface area contributed by atoms with Crippen LogP contribution in [0.15, 0.2) is 36.9 Å². The molecule has 0 atom stereocenters. The summed E-state index contributed by atoms with van der Waals surface area (Å²) in [6.45, 7) is 15.3. The highest BCUT2D eigenvalue weighted by molar-refractivity contribution is 6.76. The summed E-state index contributed by atoms with van der Waals surface area (Å²) in [5, 5.41) is 8.93. The van der Waals surface area contributed by atoms with Crippen LogP contribution in [0.2, 0.25) is 25.7 Å². The molecule has 49 heavy (non-hydrogen) atoms. The Balaban J connectivity index is 1.55. The first-order valence-electron chi connectivity index (χ1n) is 16.2. The lowest BCUT2D eigenvalue weighted by atomic mass is 9.95. The van der Waals surface area contributed by atoms with Crippen molar-refractivity contribution in [2.45, 2.75) is 84.7 Å². The smallest absolute Gasteiger partial charge is 0.410 e. The number of methoxy groups -OCH3 is 1. The van der Waals surface area contributed by atoms with Crippen LogP contribution in [0.25, 0.3) is 33.9 Å². The van der Waals surface area contributed by atoms with E-state index >= 15 is 0 Å². The maximum Gasteiger partial charge on any atom is 0.410 e. The number of hydrogen-bond donors (Lipinski definition) is 0. The molecule has 0 saturated carbocycles. The monoisotopic (exact) mass is 699 g/mol. The van der Waals surface area contributed by atoms with Gasteiger partial charge in [0, 0.05) is 51.3 Å². The molecular weight excluding hydrogens is 655 g/mol. The van der Waals surface area contributed by atoms with E-state index in [4.69, 9.17) is 19.3 Å². The Bertz CT molecular complexity index is 1850. The van der Waals surface area contributed by atoms with Crippen molar-refractivity contribution in [1.29, 1.82) is 0 Å². The number of hydrogen-bond acceptors (Lipinski definition) is 8. The largest absolute Gasteiger partial charge is 0.493 e. The van der Waals surface area contributed by atoms with Crippen molar-refractivity contribution in [3.05, 3.63) is 53.6 Å². The molecule has 0 N–H and O–H groups in total. The highest BCUT2D eigenvalue weighted by Gasteiger charge is 2.35. The van der Waals surface area contributed by atoms with Gasteiger partial charge in [-0.2, -0.15) is 23.4 Å². The van der Waals surface area contributed by atoms with E-state index in [0.717, 1.165) is 22.7 Å². The van der Waals surface area contributed by atoms with E-state index in [1.807, 2.05) is 33.8 Å². The van der Waals surface area contributed by atoms with Gasteiger partial charge in [0.25, 0.3) is 0 Å². The molecule has 0 bridgehead atoms. The van der Waals surface area contributed by atoms with Crippen LogP contribution in [0.3, 0.4) is 0 Å². The minimum absolute atomic E-state index is 0.0349. The SMILES string of the molecule is COc1cc(-c2c(CC(F)(F)F)c(-c3cc(C)c(C4=CCN(C(=O)OC(C)(C)C)CC4)cn3)nn2COCC[Si](C)(C)C)cn2ncnc12. The maximum atomic E-state index is 14.3. The van der Waals surface area contributed by atoms with Crippen LogP contribution in [0.4, 0.5) is 18.0 Å². The van der Waals surface area contributed by atoms with Crippen LogP contribution in [-0.4, -0.2) is 87.0 Å². The first kappa shape index (κ1) is 36.0. The van der Waals surface area contributed by atoms with Crippen LogP contribution in [-0.2, 0) is 22.6 Å². The molecule has 11 nitrogen and oxygen atoms in total. The molecule has 264 valence electrons. The summed E-state index contributed by atoms with van der Waals surface area (Å²) < 4.78 is 62.9. The van der Waals surface area contributed by atoms with Crippen molar-refractivity contribution >= 4 is 25.4 Å². The summed E-state index contributed by atoms with van der Waals surface area (Å²) >= 11 is 0. The summed E-state index contributed by atoms with van der Waals surface area (Å²) in [6, 6.07) is 4.29. The normalized spacial score (nSPS) is 14.3. The Labute approximate surface area is 285 Å². The summed E-state index contributed by atoms with van der Waals surface area (Å²) in [5.74, 6) is 0.353. The second-order valence-corrected chi connectivity index (χ2v) is 20.1. The highest BCUT2D eigenvalue weighted by atomic mass is 28.3. The van der Waals surface area contributed by atoms with Gasteiger partial charge >= 0.3 is 12.3 Å². The average Bonchev–Trinajstić information content (AvgIpc) is 3.61. The molecule has 5 heterocycles. The second-order valence-electron chi connectivity index (χ2n) is 14.4. The summed E-state index contributed by atoms with van der Waals surface area (Å²) in [4.78, 5) is 23.1. The van der Waals surface area contributed by atoms with Crippen molar-refractivity contribution in [2.75, 3.05) is 26.8 Å². The molecule has 0 aliphatic carbocycles. The number of aromatic nitrogens is 6. The van der Waals surface area contributed by atoms with Gasteiger partial charge in [0.15, 0.2) is 11.4 Å². The maximum absolute atomic E-state index is 14.3. The van der Waals surface area contributed by atoms with Gasteiger partial charge in [-0.1, -0.05) is 25.7 Å². The molecule has 1 aliphatic heterocycles. The van der Waals surface area contributed by atoms with Gasteiger partial charge in [0.1, 0.15) is 24.4 Å². The van der Waals surface area contributed by atoms with Crippen LogP contribution in [0.1, 0.15) is 43.9 Å².